The zero-order chi connectivity index (χ0) is 19.3. The Balaban J connectivity index is 1.97. The number of esters is 1. The number of halogens is 1. The van der Waals surface area contributed by atoms with E-state index in [0.717, 1.165) is 11.1 Å². The van der Waals surface area contributed by atoms with Gasteiger partial charge in [-0.15, -0.1) is 0 Å². The Bertz CT molecular complexity index is 797. The molecule has 136 valence electrons. The molecule has 2 aromatic carbocycles. The summed E-state index contributed by atoms with van der Waals surface area (Å²) in [5.74, 6) is -0.786. The fourth-order valence-corrected chi connectivity index (χ4v) is 2.50. The van der Waals surface area contributed by atoms with E-state index < -0.39 is 12.1 Å². The molecule has 0 fully saturated rings. The van der Waals surface area contributed by atoms with Crippen LogP contribution in [0.2, 0.25) is 5.02 Å². The maximum atomic E-state index is 12.4. The maximum Gasteiger partial charge on any atom is 0.331 e. The summed E-state index contributed by atoms with van der Waals surface area (Å²) in [5.41, 5.74) is 2.51. The molecule has 0 saturated carbocycles. The minimum absolute atomic E-state index is 0.0200. The number of Topliss-reactive ketones (excluding diaryl/α,β-unsaturated/α-hetero) is 1. The Morgan fingerprint density at radius 3 is 2.12 bits per heavy atom. The van der Waals surface area contributed by atoms with Crippen LogP contribution in [0.15, 0.2) is 54.6 Å². The molecular weight excluding hydrogens is 348 g/mol. The highest BCUT2D eigenvalue weighted by Gasteiger charge is 2.20. The first-order valence-corrected chi connectivity index (χ1v) is 8.83. The van der Waals surface area contributed by atoms with Crippen molar-refractivity contribution in [2.45, 2.75) is 39.2 Å². The molecule has 3 nitrogen and oxygen atoms in total. The second-order valence-electron chi connectivity index (χ2n) is 7.16. The number of hydrogen-bond donors (Lipinski definition) is 0. The lowest BCUT2D eigenvalue weighted by molar-refractivity contribution is -0.140. The van der Waals surface area contributed by atoms with Crippen LogP contribution in [0.4, 0.5) is 0 Å². The van der Waals surface area contributed by atoms with Crippen LogP contribution in [0, 0.1) is 0 Å². The van der Waals surface area contributed by atoms with Gasteiger partial charge in [0.2, 0.25) is 5.78 Å². The Labute approximate surface area is 159 Å². The quantitative estimate of drug-likeness (QED) is 0.398. The van der Waals surface area contributed by atoms with Crippen LogP contribution in [-0.4, -0.2) is 17.9 Å². The van der Waals surface area contributed by atoms with E-state index >= 15 is 0 Å². The molecule has 0 spiro atoms. The first-order valence-electron chi connectivity index (χ1n) is 8.46. The van der Waals surface area contributed by atoms with Crippen LogP contribution in [0.3, 0.4) is 0 Å². The molecule has 0 aliphatic rings. The zero-order valence-electron chi connectivity index (χ0n) is 15.5. The highest BCUT2D eigenvalue weighted by Crippen LogP contribution is 2.22. The first-order chi connectivity index (χ1) is 12.2. The fraction of sp³-hybridized carbons (Fsp3) is 0.273. The molecule has 0 saturated heterocycles. The minimum Gasteiger partial charge on any atom is -0.451 e. The number of hydrogen-bond acceptors (Lipinski definition) is 3. The largest absolute Gasteiger partial charge is 0.451 e. The average molecular weight is 371 g/mol. The molecule has 0 aliphatic carbocycles. The van der Waals surface area contributed by atoms with Gasteiger partial charge < -0.3 is 4.74 Å². The molecule has 4 heteroatoms. The Hall–Kier alpha value is -2.39. The summed E-state index contributed by atoms with van der Waals surface area (Å²) in [6.07, 6.45) is 2.07. The number of rotatable bonds is 5. The lowest BCUT2D eigenvalue weighted by Gasteiger charge is -2.19. The van der Waals surface area contributed by atoms with Crippen molar-refractivity contribution >= 4 is 29.4 Å². The van der Waals surface area contributed by atoms with Gasteiger partial charge in [0.1, 0.15) is 0 Å². The van der Waals surface area contributed by atoms with Crippen molar-refractivity contribution in [1.29, 1.82) is 0 Å². The van der Waals surface area contributed by atoms with Crippen molar-refractivity contribution in [3.63, 3.8) is 0 Å². The monoisotopic (exact) mass is 370 g/mol. The Morgan fingerprint density at radius 2 is 1.58 bits per heavy atom. The third-order valence-corrected chi connectivity index (χ3v) is 4.23. The highest BCUT2D eigenvalue weighted by atomic mass is 35.5. The summed E-state index contributed by atoms with van der Waals surface area (Å²) in [6, 6.07) is 14.5. The van der Waals surface area contributed by atoms with E-state index in [2.05, 4.69) is 20.8 Å². The lowest BCUT2D eigenvalue weighted by atomic mass is 9.86. The first kappa shape index (κ1) is 19.9. The van der Waals surface area contributed by atoms with E-state index in [0.29, 0.717) is 10.6 Å². The van der Waals surface area contributed by atoms with Crippen LogP contribution in [0.25, 0.3) is 6.08 Å². The van der Waals surface area contributed by atoms with Crippen molar-refractivity contribution in [2.75, 3.05) is 0 Å². The molecule has 0 unspecified atom stereocenters. The van der Waals surface area contributed by atoms with Crippen LogP contribution in [-0.2, 0) is 14.9 Å². The number of benzene rings is 2. The lowest BCUT2D eigenvalue weighted by Crippen LogP contribution is -2.23. The van der Waals surface area contributed by atoms with E-state index in [1.165, 1.54) is 6.08 Å². The van der Waals surface area contributed by atoms with Crippen molar-refractivity contribution in [2.24, 2.45) is 0 Å². The third-order valence-electron chi connectivity index (χ3n) is 3.98. The predicted octanol–water partition coefficient (Wildman–Crippen LogP) is 5.47. The standard InChI is InChI=1S/C22H23ClO3/c1-15(21(25)17-8-10-18(11-9-17)22(2,3)4)26-20(24)14-7-16-5-12-19(23)13-6-16/h5-15H,1-4H3/b14-7+/t15-/m1/s1. The average Bonchev–Trinajstić information content (AvgIpc) is 2.60. The van der Waals surface area contributed by atoms with E-state index in [1.807, 2.05) is 12.1 Å². The second-order valence-corrected chi connectivity index (χ2v) is 7.59. The molecule has 2 rings (SSSR count). The van der Waals surface area contributed by atoms with Gasteiger partial charge >= 0.3 is 5.97 Å². The van der Waals surface area contributed by atoms with E-state index in [-0.39, 0.29) is 11.2 Å². The number of carbonyl (C=O) groups excluding carboxylic acids is 2. The molecule has 0 aromatic heterocycles. The van der Waals surface area contributed by atoms with Crippen molar-refractivity contribution < 1.29 is 14.3 Å². The summed E-state index contributed by atoms with van der Waals surface area (Å²) in [7, 11) is 0. The fourth-order valence-electron chi connectivity index (χ4n) is 2.37. The van der Waals surface area contributed by atoms with Gasteiger partial charge in [0, 0.05) is 16.7 Å². The van der Waals surface area contributed by atoms with Crippen LogP contribution in [0.5, 0.6) is 0 Å². The van der Waals surface area contributed by atoms with Crippen LogP contribution in [0.1, 0.15) is 49.2 Å². The summed E-state index contributed by atoms with van der Waals surface area (Å²) in [6.45, 7) is 7.91. The van der Waals surface area contributed by atoms with Crippen LogP contribution < -0.4 is 0 Å². The molecule has 0 heterocycles. The van der Waals surface area contributed by atoms with Gasteiger partial charge in [-0.3, -0.25) is 4.79 Å². The van der Waals surface area contributed by atoms with E-state index in [4.69, 9.17) is 16.3 Å². The van der Waals surface area contributed by atoms with Crippen molar-refractivity contribution in [3.05, 3.63) is 76.3 Å². The molecule has 0 radical (unpaired) electrons. The van der Waals surface area contributed by atoms with E-state index in [1.54, 1.807) is 49.4 Å². The van der Waals surface area contributed by atoms with Crippen LogP contribution >= 0.6 is 11.6 Å². The summed E-state index contributed by atoms with van der Waals surface area (Å²) in [4.78, 5) is 24.4. The molecular formula is C22H23ClO3. The number of carbonyl (C=O) groups is 2. The summed E-state index contributed by atoms with van der Waals surface area (Å²) < 4.78 is 5.21. The smallest absolute Gasteiger partial charge is 0.331 e. The van der Waals surface area contributed by atoms with Gasteiger partial charge in [0.15, 0.2) is 6.10 Å². The highest BCUT2D eigenvalue weighted by molar-refractivity contribution is 6.30. The molecule has 0 aliphatic heterocycles. The summed E-state index contributed by atoms with van der Waals surface area (Å²) >= 11 is 5.82. The molecule has 26 heavy (non-hydrogen) atoms. The maximum absolute atomic E-state index is 12.4. The van der Waals surface area contributed by atoms with Gasteiger partial charge in [0.05, 0.1) is 0 Å². The molecule has 0 N–H and O–H groups in total. The topological polar surface area (TPSA) is 43.4 Å². The third kappa shape index (κ3) is 5.57. The van der Waals surface area contributed by atoms with Gasteiger partial charge in [-0.2, -0.15) is 0 Å². The molecule has 1 atom stereocenters. The van der Waals surface area contributed by atoms with E-state index in [9.17, 15) is 9.59 Å². The van der Waals surface area contributed by atoms with Gasteiger partial charge in [0.25, 0.3) is 0 Å². The predicted molar refractivity (Wildman–Crippen MR) is 106 cm³/mol. The molecule has 0 amide bonds. The van der Waals surface area contributed by atoms with Crippen molar-refractivity contribution in [1.82, 2.24) is 0 Å². The van der Waals surface area contributed by atoms with Gasteiger partial charge in [-0.05, 0) is 41.7 Å². The zero-order valence-corrected chi connectivity index (χ0v) is 16.2. The summed E-state index contributed by atoms with van der Waals surface area (Å²) in [5, 5.41) is 0.626. The molecule has 0 bridgehead atoms. The Kier molecular flexibility index (Phi) is 6.38. The second kappa shape index (κ2) is 8.33. The van der Waals surface area contributed by atoms with Gasteiger partial charge in [-0.1, -0.05) is 68.8 Å². The van der Waals surface area contributed by atoms with Gasteiger partial charge in [-0.25, -0.2) is 4.79 Å². The minimum atomic E-state index is -0.849. The SMILES string of the molecule is C[C@@H](OC(=O)/C=C/c1ccc(Cl)cc1)C(=O)c1ccc(C(C)(C)C)cc1. The normalized spacial score (nSPS) is 12.8. The van der Waals surface area contributed by atoms with Crippen molar-refractivity contribution in [3.8, 4) is 0 Å². The number of ether oxygens (including phenoxy) is 1. The Morgan fingerprint density at radius 1 is 1.00 bits per heavy atom. The number of ketones is 1. The molecule has 2 aromatic rings.